The molecule has 0 fully saturated rings. The Morgan fingerprint density at radius 3 is 2.61 bits per heavy atom. The summed E-state index contributed by atoms with van der Waals surface area (Å²) in [6, 6.07) is 15.5. The van der Waals surface area contributed by atoms with Gasteiger partial charge in [0.15, 0.2) is 0 Å². The highest BCUT2D eigenvalue weighted by molar-refractivity contribution is 7.09. The van der Waals surface area contributed by atoms with Crippen LogP contribution in [0.15, 0.2) is 60.1 Å². The fourth-order valence-corrected chi connectivity index (χ4v) is 3.54. The van der Waals surface area contributed by atoms with Gasteiger partial charge in [0.05, 0.1) is 19.7 Å². The summed E-state index contributed by atoms with van der Waals surface area (Å²) in [6.07, 6.45) is 4.14. The lowest BCUT2D eigenvalue weighted by Gasteiger charge is -2.23. The van der Waals surface area contributed by atoms with Gasteiger partial charge in [-0.15, -0.1) is 11.3 Å². The molecule has 5 nitrogen and oxygen atoms in total. The minimum atomic E-state index is -0.116. The standard InChI is InChI=1S/C22H27N3O2S/c1-3-4-14-27-20-11-9-18(10-12-20)23-22(26)25(17-21-8-6-15-28-21)16-19-7-5-13-24(19)2/h5-13,15H,3-4,14,16-17H2,1-2H3,(H,23,26). The van der Waals surface area contributed by atoms with Gasteiger partial charge >= 0.3 is 6.03 Å². The Bertz CT molecular complexity index is 856. The van der Waals surface area contributed by atoms with Crippen molar-refractivity contribution < 1.29 is 9.53 Å². The molecule has 0 aliphatic heterocycles. The molecular formula is C22H27N3O2S. The number of carbonyl (C=O) groups is 1. The Hall–Kier alpha value is -2.73. The zero-order valence-electron chi connectivity index (χ0n) is 16.4. The van der Waals surface area contributed by atoms with Crippen LogP contribution in [0.25, 0.3) is 0 Å². The van der Waals surface area contributed by atoms with E-state index in [1.165, 1.54) is 0 Å². The van der Waals surface area contributed by atoms with Gasteiger partial charge < -0.3 is 19.5 Å². The number of carbonyl (C=O) groups excluding carboxylic acids is 1. The number of ether oxygens (including phenoxy) is 1. The number of aryl methyl sites for hydroxylation is 1. The Kier molecular flexibility index (Phi) is 7.14. The van der Waals surface area contributed by atoms with Crippen LogP contribution in [0, 0.1) is 0 Å². The Balaban J connectivity index is 1.65. The minimum absolute atomic E-state index is 0.116. The number of aromatic nitrogens is 1. The van der Waals surface area contributed by atoms with E-state index in [4.69, 9.17) is 4.74 Å². The fraction of sp³-hybridized carbons (Fsp3) is 0.318. The first kappa shape index (κ1) is 20.0. The van der Waals surface area contributed by atoms with E-state index in [-0.39, 0.29) is 6.03 Å². The monoisotopic (exact) mass is 397 g/mol. The third-order valence-corrected chi connectivity index (χ3v) is 5.35. The topological polar surface area (TPSA) is 46.5 Å². The molecule has 1 aromatic carbocycles. The van der Waals surface area contributed by atoms with Gasteiger partial charge in [0.2, 0.25) is 0 Å². The molecule has 0 atom stereocenters. The second-order valence-corrected chi connectivity index (χ2v) is 7.73. The molecule has 6 heteroatoms. The normalized spacial score (nSPS) is 10.6. The van der Waals surface area contributed by atoms with Gasteiger partial charge in [-0.1, -0.05) is 19.4 Å². The maximum atomic E-state index is 13.0. The minimum Gasteiger partial charge on any atom is -0.494 e. The van der Waals surface area contributed by atoms with Crippen LogP contribution in [-0.2, 0) is 20.1 Å². The molecule has 0 bridgehead atoms. The van der Waals surface area contributed by atoms with Gasteiger partial charge in [0.25, 0.3) is 0 Å². The Morgan fingerprint density at radius 1 is 1.14 bits per heavy atom. The molecule has 2 heterocycles. The van der Waals surface area contributed by atoms with Crippen molar-refractivity contribution in [1.82, 2.24) is 9.47 Å². The highest BCUT2D eigenvalue weighted by atomic mass is 32.1. The van der Waals surface area contributed by atoms with E-state index >= 15 is 0 Å². The summed E-state index contributed by atoms with van der Waals surface area (Å²) >= 11 is 1.66. The first-order valence-corrected chi connectivity index (χ1v) is 10.4. The molecule has 28 heavy (non-hydrogen) atoms. The molecule has 3 aromatic rings. The first-order chi connectivity index (χ1) is 13.7. The van der Waals surface area contributed by atoms with E-state index in [0.29, 0.717) is 19.7 Å². The van der Waals surface area contributed by atoms with Crippen molar-refractivity contribution in [2.75, 3.05) is 11.9 Å². The Morgan fingerprint density at radius 2 is 1.96 bits per heavy atom. The van der Waals surface area contributed by atoms with Gasteiger partial charge in [-0.2, -0.15) is 0 Å². The highest BCUT2D eigenvalue weighted by Crippen LogP contribution is 2.19. The summed E-state index contributed by atoms with van der Waals surface area (Å²) in [5.41, 5.74) is 1.85. The molecule has 2 aromatic heterocycles. The van der Waals surface area contributed by atoms with Crippen molar-refractivity contribution in [2.24, 2.45) is 7.05 Å². The first-order valence-electron chi connectivity index (χ1n) is 9.57. The molecule has 0 aliphatic rings. The number of nitrogens with one attached hydrogen (secondary N) is 1. The lowest BCUT2D eigenvalue weighted by Crippen LogP contribution is -2.34. The van der Waals surface area contributed by atoms with E-state index in [9.17, 15) is 4.79 Å². The maximum Gasteiger partial charge on any atom is 0.322 e. The van der Waals surface area contributed by atoms with Crippen LogP contribution in [0.4, 0.5) is 10.5 Å². The molecule has 2 amide bonds. The number of amides is 2. The van der Waals surface area contributed by atoms with E-state index in [2.05, 4.69) is 18.3 Å². The van der Waals surface area contributed by atoms with Crippen LogP contribution < -0.4 is 10.1 Å². The van der Waals surface area contributed by atoms with E-state index < -0.39 is 0 Å². The summed E-state index contributed by atoms with van der Waals surface area (Å²) in [5, 5.41) is 5.04. The molecule has 0 saturated heterocycles. The molecule has 0 unspecified atom stereocenters. The van der Waals surface area contributed by atoms with Crippen LogP contribution >= 0.6 is 11.3 Å². The van der Waals surface area contributed by atoms with Gasteiger partial charge in [0, 0.05) is 29.5 Å². The number of thiophene rings is 1. The van der Waals surface area contributed by atoms with Crippen molar-refractivity contribution >= 4 is 23.1 Å². The van der Waals surface area contributed by atoms with Crippen LogP contribution in [-0.4, -0.2) is 22.1 Å². The van der Waals surface area contributed by atoms with E-state index in [1.54, 1.807) is 11.3 Å². The molecule has 0 radical (unpaired) electrons. The van der Waals surface area contributed by atoms with Crippen LogP contribution in [0.2, 0.25) is 0 Å². The predicted octanol–water partition coefficient (Wildman–Crippen LogP) is 5.50. The molecule has 0 aliphatic carbocycles. The summed E-state index contributed by atoms with van der Waals surface area (Å²) < 4.78 is 7.72. The SMILES string of the molecule is CCCCOc1ccc(NC(=O)N(Cc2cccs2)Cc2cccn2C)cc1. The molecule has 0 spiro atoms. The summed E-state index contributed by atoms with van der Waals surface area (Å²) in [6.45, 7) is 3.98. The third-order valence-electron chi connectivity index (χ3n) is 4.49. The van der Waals surface area contributed by atoms with E-state index in [1.807, 2.05) is 70.6 Å². The van der Waals surface area contributed by atoms with Crippen molar-refractivity contribution in [2.45, 2.75) is 32.9 Å². The zero-order valence-corrected chi connectivity index (χ0v) is 17.2. The Labute approximate surface area is 170 Å². The molecule has 3 rings (SSSR count). The number of benzene rings is 1. The van der Waals surface area contributed by atoms with Gasteiger partial charge in [-0.05, 0) is 54.3 Å². The second-order valence-electron chi connectivity index (χ2n) is 6.70. The average molecular weight is 398 g/mol. The summed E-state index contributed by atoms with van der Waals surface area (Å²) in [5.74, 6) is 0.825. The van der Waals surface area contributed by atoms with Crippen molar-refractivity contribution in [3.05, 3.63) is 70.7 Å². The largest absolute Gasteiger partial charge is 0.494 e. The number of nitrogens with zero attached hydrogens (tertiary/aromatic N) is 2. The zero-order chi connectivity index (χ0) is 19.8. The van der Waals surface area contributed by atoms with Crippen molar-refractivity contribution in [1.29, 1.82) is 0 Å². The molecule has 1 N–H and O–H groups in total. The average Bonchev–Trinajstić information content (AvgIpc) is 3.35. The third kappa shape index (κ3) is 5.63. The van der Waals surface area contributed by atoms with Gasteiger partial charge in [-0.25, -0.2) is 4.79 Å². The van der Waals surface area contributed by atoms with Crippen molar-refractivity contribution in [3.8, 4) is 5.75 Å². The molecule has 0 saturated carbocycles. The predicted molar refractivity (Wildman–Crippen MR) is 115 cm³/mol. The summed E-state index contributed by atoms with van der Waals surface area (Å²) in [7, 11) is 1.99. The number of rotatable bonds is 9. The number of hydrogen-bond acceptors (Lipinski definition) is 3. The van der Waals surface area contributed by atoms with Crippen LogP contribution in [0.3, 0.4) is 0 Å². The van der Waals surface area contributed by atoms with Crippen LogP contribution in [0.1, 0.15) is 30.3 Å². The second kappa shape index (κ2) is 9.99. The number of anilines is 1. The number of hydrogen-bond donors (Lipinski definition) is 1. The summed E-state index contributed by atoms with van der Waals surface area (Å²) in [4.78, 5) is 15.9. The molecule has 148 valence electrons. The van der Waals surface area contributed by atoms with E-state index in [0.717, 1.165) is 34.8 Å². The van der Waals surface area contributed by atoms with Gasteiger partial charge in [0.1, 0.15) is 5.75 Å². The quantitative estimate of drug-likeness (QED) is 0.485. The lowest BCUT2D eigenvalue weighted by atomic mass is 10.3. The van der Waals surface area contributed by atoms with Crippen LogP contribution in [0.5, 0.6) is 5.75 Å². The van der Waals surface area contributed by atoms with Gasteiger partial charge in [-0.3, -0.25) is 0 Å². The fourth-order valence-electron chi connectivity index (χ4n) is 2.82. The number of unbranched alkanes of at least 4 members (excludes halogenated alkanes) is 1. The smallest absolute Gasteiger partial charge is 0.322 e. The highest BCUT2D eigenvalue weighted by Gasteiger charge is 2.16. The maximum absolute atomic E-state index is 13.0. The number of urea groups is 1. The molecular weight excluding hydrogens is 370 g/mol. The van der Waals surface area contributed by atoms with Crippen molar-refractivity contribution in [3.63, 3.8) is 0 Å². The lowest BCUT2D eigenvalue weighted by molar-refractivity contribution is 0.205.